The first kappa shape index (κ1) is 19.6. The molecule has 126 valence electrons. The quantitative estimate of drug-likeness (QED) is 0.816. The largest absolute Gasteiger partial charge is 0.396 e. The number of aliphatic hydroxyl groups is 1. The number of hydrogen-bond donors (Lipinski definition) is 2. The van der Waals surface area contributed by atoms with Crippen LogP contribution < -0.4 is 5.32 Å². The minimum atomic E-state index is -0.643. The number of benzene rings is 1. The van der Waals surface area contributed by atoms with E-state index in [1.54, 1.807) is 0 Å². The Balaban J connectivity index is 0.00000242. The number of hydrogen-bond acceptors (Lipinski definition) is 3. The second kappa shape index (κ2) is 7.88. The highest BCUT2D eigenvalue weighted by atomic mass is 35.5. The van der Waals surface area contributed by atoms with Gasteiger partial charge in [0, 0.05) is 49.8 Å². The van der Waals surface area contributed by atoms with E-state index < -0.39 is 23.1 Å². The van der Waals surface area contributed by atoms with Gasteiger partial charge >= 0.3 is 0 Å². The molecule has 3 nitrogen and oxygen atoms in total. The van der Waals surface area contributed by atoms with Crippen LogP contribution in [0.15, 0.2) is 12.1 Å². The van der Waals surface area contributed by atoms with Crippen LogP contribution >= 0.6 is 24.0 Å². The van der Waals surface area contributed by atoms with Gasteiger partial charge in [-0.1, -0.05) is 25.4 Å². The summed E-state index contributed by atoms with van der Waals surface area (Å²) < 4.78 is 28.1. The van der Waals surface area contributed by atoms with Crippen molar-refractivity contribution >= 4 is 24.0 Å². The first-order chi connectivity index (χ1) is 9.88. The second-order valence-electron chi connectivity index (χ2n) is 6.09. The molecule has 22 heavy (non-hydrogen) atoms. The average molecular weight is 355 g/mol. The molecule has 1 aliphatic heterocycles. The van der Waals surface area contributed by atoms with Crippen molar-refractivity contribution in [3.05, 3.63) is 34.4 Å². The van der Waals surface area contributed by atoms with Gasteiger partial charge in [-0.05, 0) is 12.1 Å². The fourth-order valence-electron chi connectivity index (χ4n) is 2.89. The normalized spacial score (nSPS) is 17.9. The lowest BCUT2D eigenvalue weighted by Gasteiger charge is -2.43. The fourth-order valence-corrected chi connectivity index (χ4v) is 3.14. The first-order valence-corrected chi connectivity index (χ1v) is 7.45. The molecule has 0 radical (unpaired) electrons. The first-order valence-electron chi connectivity index (χ1n) is 7.07. The van der Waals surface area contributed by atoms with Crippen molar-refractivity contribution in [3.8, 4) is 0 Å². The van der Waals surface area contributed by atoms with Gasteiger partial charge in [-0.25, -0.2) is 8.78 Å². The summed E-state index contributed by atoms with van der Waals surface area (Å²) in [6, 6.07) is 1.65. The van der Waals surface area contributed by atoms with Crippen molar-refractivity contribution in [3.63, 3.8) is 0 Å². The third kappa shape index (κ3) is 3.89. The van der Waals surface area contributed by atoms with E-state index in [9.17, 15) is 13.9 Å². The summed E-state index contributed by atoms with van der Waals surface area (Å²) in [5.41, 5.74) is -0.507. The summed E-state index contributed by atoms with van der Waals surface area (Å²) in [7, 11) is 0. The third-order valence-corrected chi connectivity index (χ3v) is 4.40. The molecule has 1 aliphatic rings. The number of aliphatic hydroxyl groups excluding tert-OH is 1. The summed E-state index contributed by atoms with van der Waals surface area (Å²) in [6.45, 7) is 6.45. The lowest BCUT2D eigenvalue weighted by molar-refractivity contribution is 0.0285. The van der Waals surface area contributed by atoms with Crippen LogP contribution in [0, 0.1) is 17.0 Å². The highest BCUT2D eigenvalue weighted by Crippen LogP contribution is 2.42. The Bertz CT molecular complexity index is 509. The Morgan fingerprint density at radius 1 is 1.27 bits per heavy atom. The van der Waals surface area contributed by atoms with Crippen molar-refractivity contribution in [2.45, 2.75) is 19.9 Å². The van der Waals surface area contributed by atoms with E-state index >= 15 is 0 Å². The lowest BCUT2D eigenvalue weighted by Crippen LogP contribution is -2.50. The summed E-state index contributed by atoms with van der Waals surface area (Å²) in [4.78, 5) is 2.05. The molecule has 1 heterocycles. The van der Waals surface area contributed by atoms with Gasteiger partial charge < -0.3 is 10.4 Å². The van der Waals surface area contributed by atoms with Gasteiger partial charge in [-0.2, -0.15) is 0 Å². The zero-order chi connectivity index (χ0) is 15.6. The molecule has 0 unspecified atom stereocenters. The SMILES string of the molecule is CC(C)(CO)[C@H](c1c(F)ccc(F)c1Cl)N1CCNCC1.Cl. The molecule has 1 fully saturated rings. The van der Waals surface area contributed by atoms with Gasteiger partial charge in [-0.3, -0.25) is 4.90 Å². The Labute approximate surface area is 141 Å². The Kier molecular flexibility index (Phi) is 7.02. The van der Waals surface area contributed by atoms with Crippen LogP contribution in [0.4, 0.5) is 8.78 Å². The number of halogens is 4. The van der Waals surface area contributed by atoms with Crippen LogP contribution in [0.5, 0.6) is 0 Å². The maximum atomic E-state index is 14.3. The van der Waals surface area contributed by atoms with E-state index in [0.717, 1.165) is 25.2 Å². The predicted octanol–water partition coefficient (Wildman–Crippen LogP) is 3.00. The zero-order valence-corrected chi connectivity index (χ0v) is 14.3. The standard InChI is InChI=1S/C15H21ClF2N2O.ClH/c1-15(2,9-21)14(20-7-5-19-6-8-20)12-10(17)3-4-11(18)13(12)16;/h3-4,14,19,21H,5-9H2,1-2H3;1H/t14-;/m0./s1. The van der Waals surface area contributed by atoms with Crippen molar-refractivity contribution in [1.82, 2.24) is 10.2 Å². The maximum absolute atomic E-state index is 14.3. The van der Waals surface area contributed by atoms with Crippen LogP contribution in [0.2, 0.25) is 5.02 Å². The maximum Gasteiger partial charge on any atom is 0.142 e. The van der Waals surface area contributed by atoms with E-state index in [1.807, 2.05) is 13.8 Å². The molecular weight excluding hydrogens is 333 g/mol. The smallest absolute Gasteiger partial charge is 0.142 e. The van der Waals surface area contributed by atoms with Gasteiger partial charge in [0.15, 0.2) is 0 Å². The Morgan fingerprint density at radius 2 is 1.82 bits per heavy atom. The second-order valence-corrected chi connectivity index (χ2v) is 6.47. The van der Waals surface area contributed by atoms with Crippen LogP contribution in [-0.4, -0.2) is 42.8 Å². The molecule has 0 bridgehead atoms. The lowest BCUT2D eigenvalue weighted by atomic mass is 9.79. The molecule has 1 aromatic rings. The van der Waals surface area contributed by atoms with Crippen LogP contribution in [0.1, 0.15) is 25.5 Å². The summed E-state index contributed by atoms with van der Waals surface area (Å²) in [5.74, 6) is -1.17. The van der Waals surface area contributed by atoms with Gasteiger partial charge in [0.2, 0.25) is 0 Å². The van der Waals surface area contributed by atoms with Crippen molar-refractivity contribution in [2.75, 3.05) is 32.8 Å². The third-order valence-electron chi connectivity index (χ3n) is 4.02. The van der Waals surface area contributed by atoms with Gasteiger partial charge in [-0.15, -0.1) is 12.4 Å². The molecule has 2 N–H and O–H groups in total. The highest BCUT2D eigenvalue weighted by Gasteiger charge is 2.39. The molecule has 1 saturated heterocycles. The predicted molar refractivity (Wildman–Crippen MR) is 86.7 cm³/mol. The van der Waals surface area contributed by atoms with Crippen LogP contribution in [0.3, 0.4) is 0 Å². The molecule has 0 aliphatic carbocycles. The van der Waals surface area contributed by atoms with Crippen molar-refractivity contribution in [1.29, 1.82) is 0 Å². The molecule has 1 atom stereocenters. The van der Waals surface area contributed by atoms with Crippen LogP contribution in [0.25, 0.3) is 0 Å². The van der Waals surface area contributed by atoms with Gasteiger partial charge in [0.05, 0.1) is 5.02 Å². The van der Waals surface area contributed by atoms with Crippen LogP contribution in [-0.2, 0) is 0 Å². The van der Waals surface area contributed by atoms with E-state index in [1.165, 1.54) is 0 Å². The van der Waals surface area contributed by atoms with E-state index in [2.05, 4.69) is 10.2 Å². The fraction of sp³-hybridized carbons (Fsp3) is 0.600. The van der Waals surface area contributed by atoms with Gasteiger partial charge in [0.1, 0.15) is 11.6 Å². The molecule has 1 aromatic carbocycles. The minimum absolute atomic E-state index is 0. The molecule has 0 saturated carbocycles. The summed E-state index contributed by atoms with van der Waals surface area (Å²) in [6.07, 6.45) is 0. The average Bonchev–Trinajstić information content (AvgIpc) is 2.48. The molecule has 0 spiro atoms. The highest BCUT2D eigenvalue weighted by molar-refractivity contribution is 6.31. The molecule has 2 rings (SSSR count). The number of nitrogens with zero attached hydrogens (tertiary/aromatic N) is 1. The summed E-state index contributed by atoms with van der Waals surface area (Å²) >= 11 is 6.04. The van der Waals surface area contributed by atoms with E-state index in [0.29, 0.717) is 13.1 Å². The van der Waals surface area contributed by atoms with Crippen molar-refractivity contribution < 1.29 is 13.9 Å². The van der Waals surface area contributed by atoms with E-state index in [4.69, 9.17) is 11.6 Å². The van der Waals surface area contributed by atoms with Crippen molar-refractivity contribution in [2.24, 2.45) is 5.41 Å². The topological polar surface area (TPSA) is 35.5 Å². The number of rotatable bonds is 4. The zero-order valence-electron chi connectivity index (χ0n) is 12.7. The minimum Gasteiger partial charge on any atom is -0.396 e. The number of nitrogens with one attached hydrogen (secondary N) is 1. The molecular formula is C15H22Cl2F2N2O. The molecule has 7 heteroatoms. The van der Waals surface area contributed by atoms with Gasteiger partial charge in [0.25, 0.3) is 0 Å². The molecule has 0 amide bonds. The Hall–Kier alpha value is -0.460. The summed E-state index contributed by atoms with van der Waals surface area (Å²) in [5, 5.41) is 12.7. The number of piperazine rings is 1. The van der Waals surface area contributed by atoms with E-state index in [-0.39, 0.29) is 29.6 Å². The molecule has 0 aromatic heterocycles. The Morgan fingerprint density at radius 3 is 2.36 bits per heavy atom. The monoisotopic (exact) mass is 354 g/mol.